The average molecular weight is 257 g/mol. The Bertz CT molecular complexity index is 509. The van der Waals surface area contributed by atoms with Gasteiger partial charge in [0.1, 0.15) is 0 Å². The van der Waals surface area contributed by atoms with Crippen LogP contribution in [0.2, 0.25) is 0 Å². The molecule has 0 unspecified atom stereocenters. The summed E-state index contributed by atoms with van der Waals surface area (Å²) in [5, 5.41) is 9.41. The Morgan fingerprint density at radius 3 is 2.74 bits per heavy atom. The number of hydrogen-bond acceptors (Lipinski definition) is 2. The number of benzene rings is 1. The smallest absolute Gasteiger partial charge is 0.0682 e. The Kier molecular flexibility index (Phi) is 4.13. The van der Waals surface area contributed by atoms with Crippen molar-refractivity contribution in [2.45, 2.75) is 51.1 Å². The molecular weight excluding hydrogens is 234 g/mol. The van der Waals surface area contributed by atoms with Gasteiger partial charge in [0.15, 0.2) is 0 Å². The molecule has 1 aromatic carbocycles. The molecule has 0 amide bonds. The van der Waals surface area contributed by atoms with Crippen molar-refractivity contribution in [3.63, 3.8) is 0 Å². The first-order chi connectivity index (χ1) is 9.43. The minimum atomic E-state index is 0.726. The van der Waals surface area contributed by atoms with Gasteiger partial charge in [-0.05, 0) is 18.9 Å². The number of nitrogens with one attached hydrogen (secondary N) is 1. The van der Waals surface area contributed by atoms with E-state index in [2.05, 4.69) is 39.4 Å². The van der Waals surface area contributed by atoms with Gasteiger partial charge in [0.2, 0.25) is 0 Å². The summed E-state index contributed by atoms with van der Waals surface area (Å²) in [5.74, 6) is 0. The first kappa shape index (κ1) is 12.7. The number of fused-ring (bicyclic) bond motifs is 1. The quantitative estimate of drug-likeness (QED) is 0.851. The summed E-state index contributed by atoms with van der Waals surface area (Å²) in [6, 6.07) is 9.15. The standard InChI is InChI=1S/C16H23N3/c1-2-4-9-15(8-3-1)17-11-12-19-16-10-6-5-7-14(16)13-18-19/h5-7,10,13,15,17H,1-4,8-9,11-12H2. The van der Waals surface area contributed by atoms with Crippen LogP contribution in [-0.4, -0.2) is 22.4 Å². The average Bonchev–Trinajstić information content (AvgIpc) is 2.68. The van der Waals surface area contributed by atoms with E-state index in [1.165, 1.54) is 49.4 Å². The molecule has 19 heavy (non-hydrogen) atoms. The summed E-state index contributed by atoms with van der Waals surface area (Å²) in [6.07, 6.45) is 10.3. The Labute approximate surface area is 115 Å². The van der Waals surface area contributed by atoms with Gasteiger partial charge in [0, 0.05) is 18.0 Å². The van der Waals surface area contributed by atoms with E-state index in [4.69, 9.17) is 0 Å². The Morgan fingerprint density at radius 2 is 1.89 bits per heavy atom. The van der Waals surface area contributed by atoms with Crippen LogP contribution in [-0.2, 0) is 6.54 Å². The highest BCUT2D eigenvalue weighted by atomic mass is 15.3. The van der Waals surface area contributed by atoms with Crippen LogP contribution in [0, 0.1) is 0 Å². The van der Waals surface area contributed by atoms with Crippen molar-refractivity contribution in [1.82, 2.24) is 15.1 Å². The highest BCUT2D eigenvalue weighted by Crippen LogP contribution is 2.17. The van der Waals surface area contributed by atoms with Crippen LogP contribution in [0.1, 0.15) is 38.5 Å². The molecule has 3 nitrogen and oxygen atoms in total. The van der Waals surface area contributed by atoms with E-state index in [0.29, 0.717) is 0 Å². The lowest BCUT2D eigenvalue weighted by Gasteiger charge is -2.16. The molecule has 102 valence electrons. The van der Waals surface area contributed by atoms with E-state index >= 15 is 0 Å². The second-order valence-corrected chi connectivity index (χ2v) is 5.57. The fraction of sp³-hybridized carbons (Fsp3) is 0.562. The lowest BCUT2D eigenvalue weighted by Crippen LogP contribution is -2.31. The maximum atomic E-state index is 4.47. The van der Waals surface area contributed by atoms with E-state index < -0.39 is 0 Å². The summed E-state index contributed by atoms with van der Waals surface area (Å²) in [6.45, 7) is 1.99. The van der Waals surface area contributed by atoms with Crippen molar-refractivity contribution in [1.29, 1.82) is 0 Å². The molecule has 1 fully saturated rings. The minimum Gasteiger partial charge on any atom is -0.312 e. The van der Waals surface area contributed by atoms with Gasteiger partial charge in [-0.15, -0.1) is 0 Å². The molecule has 0 spiro atoms. The van der Waals surface area contributed by atoms with Gasteiger partial charge in [-0.2, -0.15) is 5.10 Å². The highest BCUT2D eigenvalue weighted by Gasteiger charge is 2.11. The van der Waals surface area contributed by atoms with Crippen LogP contribution in [0.5, 0.6) is 0 Å². The Morgan fingerprint density at radius 1 is 1.11 bits per heavy atom. The van der Waals surface area contributed by atoms with Crippen LogP contribution in [0.3, 0.4) is 0 Å². The third kappa shape index (κ3) is 3.16. The van der Waals surface area contributed by atoms with Crippen LogP contribution >= 0.6 is 0 Å². The summed E-state index contributed by atoms with van der Waals surface area (Å²) < 4.78 is 2.11. The lowest BCUT2D eigenvalue weighted by molar-refractivity contribution is 0.439. The van der Waals surface area contributed by atoms with Crippen LogP contribution in [0.25, 0.3) is 10.9 Å². The van der Waals surface area contributed by atoms with Crippen molar-refractivity contribution >= 4 is 10.9 Å². The summed E-state index contributed by atoms with van der Waals surface area (Å²) >= 11 is 0. The number of rotatable bonds is 4. The van der Waals surface area contributed by atoms with Gasteiger partial charge < -0.3 is 5.32 Å². The molecule has 0 aliphatic heterocycles. The van der Waals surface area contributed by atoms with E-state index in [9.17, 15) is 0 Å². The van der Waals surface area contributed by atoms with Gasteiger partial charge in [0.05, 0.1) is 18.3 Å². The number of hydrogen-bond donors (Lipinski definition) is 1. The molecule has 0 radical (unpaired) electrons. The third-order valence-corrected chi connectivity index (χ3v) is 4.16. The number of aromatic nitrogens is 2. The van der Waals surface area contributed by atoms with Crippen LogP contribution < -0.4 is 5.32 Å². The molecule has 0 saturated heterocycles. The largest absolute Gasteiger partial charge is 0.312 e. The fourth-order valence-electron chi connectivity index (χ4n) is 3.06. The Hall–Kier alpha value is -1.35. The maximum absolute atomic E-state index is 4.47. The Balaban J connectivity index is 1.54. The zero-order chi connectivity index (χ0) is 12.9. The molecule has 1 aliphatic rings. The normalized spacial score (nSPS) is 17.7. The van der Waals surface area contributed by atoms with E-state index in [-0.39, 0.29) is 0 Å². The molecule has 3 heteroatoms. The third-order valence-electron chi connectivity index (χ3n) is 4.16. The van der Waals surface area contributed by atoms with Crippen LogP contribution in [0.15, 0.2) is 30.5 Å². The minimum absolute atomic E-state index is 0.726. The summed E-state index contributed by atoms with van der Waals surface area (Å²) in [4.78, 5) is 0. The molecular formula is C16H23N3. The van der Waals surface area contributed by atoms with Gasteiger partial charge >= 0.3 is 0 Å². The predicted molar refractivity (Wildman–Crippen MR) is 79.2 cm³/mol. The molecule has 1 aromatic heterocycles. The monoisotopic (exact) mass is 257 g/mol. The topological polar surface area (TPSA) is 29.9 Å². The first-order valence-corrected chi connectivity index (χ1v) is 7.57. The molecule has 3 rings (SSSR count). The molecule has 1 saturated carbocycles. The maximum Gasteiger partial charge on any atom is 0.0682 e. The zero-order valence-electron chi connectivity index (χ0n) is 11.5. The van der Waals surface area contributed by atoms with Crippen molar-refractivity contribution < 1.29 is 0 Å². The van der Waals surface area contributed by atoms with Gasteiger partial charge in [-0.25, -0.2) is 0 Å². The van der Waals surface area contributed by atoms with Gasteiger partial charge in [-0.3, -0.25) is 4.68 Å². The summed E-state index contributed by atoms with van der Waals surface area (Å²) in [5.41, 5.74) is 1.24. The van der Waals surface area contributed by atoms with Crippen molar-refractivity contribution in [2.75, 3.05) is 6.54 Å². The molecule has 1 heterocycles. The lowest BCUT2D eigenvalue weighted by atomic mass is 10.1. The predicted octanol–water partition coefficient (Wildman–Crippen LogP) is 3.35. The number of para-hydroxylation sites is 1. The van der Waals surface area contributed by atoms with Crippen LogP contribution in [0.4, 0.5) is 0 Å². The zero-order valence-corrected chi connectivity index (χ0v) is 11.5. The molecule has 1 N–H and O–H groups in total. The van der Waals surface area contributed by atoms with Crippen molar-refractivity contribution in [3.8, 4) is 0 Å². The molecule has 0 bridgehead atoms. The molecule has 1 aliphatic carbocycles. The van der Waals surface area contributed by atoms with E-state index in [0.717, 1.165) is 19.1 Å². The highest BCUT2D eigenvalue weighted by molar-refractivity contribution is 5.78. The summed E-state index contributed by atoms with van der Waals surface area (Å²) in [7, 11) is 0. The second-order valence-electron chi connectivity index (χ2n) is 5.57. The fourth-order valence-corrected chi connectivity index (χ4v) is 3.06. The van der Waals surface area contributed by atoms with Crippen molar-refractivity contribution in [2.24, 2.45) is 0 Å². The first-order valence-electron chi connectivity index (χ1n) is 7.57. The van der Waals surface area contributed by atoms with Crippen molar-refractivity contribution in [3.05, 3.63) is 30.5 Å². The van der Waals surface area contributed by atoms with E-state index in [1.807, 2.05) is 6.20 Å². The molecule has 0 atom stereocenters. The second kappa shape index (κ2) is 6.20. The van der Waals surface area contributed by atoms with Gasteiger partial charge in [0.25, 0.3) is 0 Å². The SMILES string of the molecule is c1ccc2c(c1)cnn2CCNC1CCCCCC1. The van der Waals surface area contributed by atoms with Gasteiger partial charge in [-0.1, -0.05) is 43.9 Å². The van der Waals surface area contributed by atoms with E-state index in [1.54, 1.807) is 0 Å². The number of nitrogens with zero attached hydrogens (tertiary/aromatic N) is 2. The molecule has 2 aromatic rings.